The number of thiophene rings is 1. The van der Waals surface area contributed by atoms with Crippen molar-refractivity contribution in [3.8, 4) is 0 Å². The molecule has 0 fully saturated rings. The Labute approximate surface area is 134 Å². The van der Waals surface area contributed by atoms with Gasteiger partial charge >= 0.3 is 0 Å². The van der Waals surface area contributed by atoms with Gasteiger partial charge in [0.1, 0.15) is 4.21 Å². The van der Waals surface area contributed by atoms with E-state index in [1.54, 1.807) is 55.6 Å². The molecule has 0 saturated carbocycles. The zero-order valence-electron chi connectivity index (χ0n) is 12.4. The maximum Gasteiger partial charge on any atom is 0.250 e. The van der Waals surface area contributed by atoms with Crippen LogP contribution in [-0.2, 0) is 14.8 Å². The number of rotatable bonds is 6. The number of amides is 1. The fourth-order valence-electron chi connectivity index (χ4n) is 1.88. The van der Waals surface area contributed by atoms with Gasteiger partial charge in [-0.25, -0.2) is 13.1 Å². The van der Waals surface area contributed by atoms with Crippen molar-refractivity contribution in [1.29, 1.82) is 0 Å². The molecule has 1 aromatic carbocycles. The van der Waals surface area contributed by atoms with Crippen LogP contribution >= 0.6 is 11.3 Å². The predicted octanol–water partition coefficient (Wildman–Crippen LogP) is 3.14. The quantitative estimate of drug-likeness (QED) is 0.849. The number of anilines is 1. The number of hydrogen-bond donors (Lipinski definition) is 2. The highest BCUT2D eigenvalue weighted by Gasteiger charge is 2.19. The number of carbonyl (C=O) groups is 1. The van der Waals surface area contributed by atoms with Gasteiger partial charge in [-0.15, -0.1) is 11.3 Å². The molecular weight excluding hydrogens is 320 g/mol. The Morgan fingerprint density at radius 2 is 1.91 bits per heavy atom. The van der Waals surface area contributed by atoms with E-state index in [4.69, 9.17) is 0 Å². The number of hydrogen-bond acceptors (Lipinski definition) is 4. The molecule has 0 unspecified atom stereocenters. The van der Waals surface area contributed by atoms with E-state index in [0.29, 0.717) is 16.3 Å². The van der Waals surface area contributed by atoms with Gasteiger partial charge in [0.15, 0.2) is 0 Å². The van der Waals surface area contributed by atoms with Crippen molar-refractivity contribution in [3.05, 3.63) is 47.3 Å². The minimum Gasteiger partial charge on any atom is -0.326 e. The van der Waals surface area contributed by atoms with E-state index in [1.165, 1.54) is 11.3 Å². The van der Waals surface area contributed by atoms with Gasteiger partial charge < -0.3 is 5.32 Å². The van der Waals surface area contributed by atoms with Crippen molar-refractivity contribution >= 4 is 33.0 Å². The molecule has 0 aliphatic rings. The summed E-state index contributed by atoms with van der Waals surface area (Å²) in [5, 5.41) is 4.48. The highest BCUT2D eigenvalue weighted by Crippen LogP contribution is 2.21. The minimum atomic E-state index is -3.50. The summed E-state index contributed by atoms with van der Waals surface area (Å²) >= 11 is 1.18. The van der Waals surface area contributed by atoms with Gasteiger partial charge in [-0.2, -0.15) is 0 Å². The zero-order valence-corrected chi connectivity index (χ0v) is 14.0. The van der Waals surface area contributed by atoms with Crippen LogP contribution in [0.5, 0.6) is 0 Å². The second kappa shape index (κ2) is 7.04. The summed E-state index contributed by atoms with van der Waals surface area (Å²) in [6.45, 7) is 3.57. The molecule has 118 valence electrons. The van der Waals surface area contributed by atoms with Crippen molar-refractivity contribution < 1.29 is 13.2 Å². The van der Waals surface area contributed by atoms with Crippen LogP contribution in [0.2, 0.25) is 0 Å². The molecule has 2 rings (SSSR count). The summed E-state index contributed by atoms with van der Waals surface area (Å²) in [5.41, 5.74) is 1.53. The third-order valence-electron chi connectivity index (χ3n) is 3.11. The van der Waals surface area contributed by atoms with Crippen molar-refractivity contribution in [2.45, 2.75) is 30.5 Å². The number of benzene rings is 1. The average Bonchev–Trinajstić information content (AvgIpc) is 3.02. The largest absolute Gasteiger partial charge is 0.326 e. The fraction of sp³-hybridized carbons (Fsp3) is 0.267. The van der Waals surface area contributed by atoms with Crippen molar-refractivity contribution in [2.75, 3.05) is 5.32 Å². The molecule has 1 amide bonds. The number of carbonyl (C=O) groups excluding carboxylic acids is 1. The number of nitrogens with one attached hydrogen (secondary N) is 2. The van der Waals surface area contributed by atoms with Gasteiger partial charge in [0.25, 0.3) is 10.0 Å². The fourth-order valence-corrected chi connectivity index (χ4v) is 4.12. The van der Waals surface area contributed by atoms with Gasteiger partial charge in [0, 0.05) is 18.2 Å². The first-order chi connectivity index (χ1) is 10.4. The van der Waals surface area contributed by atoms with E-state index in [0.717, 1.165) is 5.56 Å². The van der Waals surface area contributed by atoms with Gasteiger partial charge in [-0.3, -0.25) is 4.79 Å². The molecule has 0 radical (unpaired) electrons. The molecular formula is C15H18N2O3S2. The lowest BCUT2D eigenvalue weighted by Gasteiger charge is -2.14. The van der Waals surface area contributed by atoms with E-state index < -0.39 is 10.0 Å². The molecule has 0 saturated heterocycles. The lowest BCUT2D eigenvalue weighted by atomic mass is 10.1. The van der Waals surface area contributed by atoms with Gasteiger partial charge in [-0.1, -0.05) is 25.1 Å². The van der Waals surface area contributed by atoms with Crippen molar-refractivity contribution in [1.82, 2.24) is 4.72 Å². The highest BCUT2D eigenvalue weighted by atomic mass is 32.2. The van der Waals surface area contributed by atoms with E-state index in [-0.39, 0.29) is 11.9 Å². The summed E-state index contributed by atoms with van der Waals surface area (Å²) in [7, 11) is -3.50. The molecule has 22 heavy (non-hydrogen) atoms. The Hall–Kier alpha value is -1.70. The maximum atomic E-state index is 12.2. The van der Waals surface area contributed by atoms with Crippen LogP contribution in [0.1, 0.15) is 31.9 Å². The summed E-state index contributed by atoms with van der Waals surface area (Å²) in [6, 6.07) is 10.0. The Kier molecular flexibility index (Phi) is 5.33. The summed E-state index contributed by atoms with van der Waals surface area (Å²) in [6.07, 6.45) is 0.415. The third-order valence-corrected chi connectivity index (χ3v) is 6.05. The minimum absolute atomic E-state index is 0.0563. The molecule has 2 N–H and O–H groups in total. The standard InChI is InChI=1S/C15H18N2O3S2/c1-3-14(18)16-13-8-6-12(7-9-13)11(2)17-22(19,20)15-5-4-10-21-15/h4-11,17H,3H2,1-2H3,(H,16,18)/t11-/m0/s1. The maximum absolute atomic E-state index is 12.2. The Morgan fingerprint density at radius 3 is 2.45 bits per heavy atom. The smallest absolute Gasteiger partial charge is 0.250 e. The first-order valence-electron chi connectivity index (χ1n) is 6.88. The van der Waals surface area contributed by atoms with Crippen LogP contribution < -0.4 is 10.0 Å². The van der Waals surface area contributed by atoms with E-state index in [2.05, 4.69) is 10.0 Å². The molecule has 0 bridgehead atoms. The van der Waals surface area contributed by atoms with Gasteiger partial charge in [0.2, 0.25) is 5.91 Å². The average molecular weight is 338 g/mol. The Morgan fingerprint density at radius 1 is 1.23 bits per heavy atom. The van der Waals surface area contributed by atoms with E-state index in [9.17, 15) is 13.2 Å². The number of sulfonamides is 1. The van der Waals surface area contributed by atoms with Crippen molar-refractivity contribution in [2.24, 2.45) is 0 Å². The SMILES string of the molecule is CCC(=O)Nc1ccc([C@H](C)NS(=O)(=O)c2cccs2)cc1. The van der Waals surface area contributed by atoms with Crippen LogP contribution in [0.4, 0.5) is 5.69 Å². The first kappa shape index (κ1) is 16.7. The molecule has 1 atom stereocenters. The predicted molar refractivity (Wildman–Crippen MR) is 88.4 cm³/mol. The Bertz CT molecular complexity index is 723. The second-order valence-electron chi connectivity index (χ2n) is 4.80. The molecule has 5 nitrogen and oxygen atoms in total. The van der Waals surface area contributed by atoms with Gasteiger partial charge in [0.05, 0.1) is 0 Å². The molecule has 0 spiro atoms. The highest BCUT2D eigenvalue weighted by molar-refractivity contribution is 7.91. The van der Waals surface area contributed by atoms with Gasteiger partial charge in [-0.05, 0) is 36.1 Å². The van der Waals surface area contributed by atoms with Crippen LogP contribution in [-0.4, -0.2) is 14.3 Å². The Balaban J connectivity index is 2.07. The molecule has 1 heterocycles. The van der Waals surface area contributed by atoms with Crippen LogP contribution in [0.15, 0.2) is 46.0 Å². The molecule has 2 aromatic rings. The van der Waals surface area contributed by atoms with Crippen LogP contribution in [0, 0.1) is 0 Å². The lowest BCUT2D eigenvalue weighted by Crippen LogP contribution is -2.26. The summed E-state index contributed by atoms with van der Waals surface area (Å²) in [4.78, 5) is 11.3. The normalized spacial score (nSPS) is 12.8. The molecule has 0 aliphatic heterocycles. The molecule has 7 heteroatoms. The zero-order chi connectivity index (χ0) is 16.2. The molecule has 1 aromatic heterocycles. The monoisotopic (exact) mass is 338 g/mol. The lowest BCUT2D eigenvalue weighted by molar-refractivity contribution is -0.115. The van der Waals surface area contributed by atoms with Crippen LogP contribution in [0.3, 0.4) is 0 Å². The van der Waals surface area contributed by atoms with Crippen LogP contribution in [0.25, 0.3) is 0 Å². The van der Waals surface area contributed by atoms with Crippen molar-refractivity contribution in [3.63, 3.8) is 0 Å². The summed E-state index contributed by atoms with van der Waals surface area (Å²) in [5.74, 6) is -0.0563. The topological polar surface area (TPSA) is 75.3 Å². The van der Waals surface area contributed by atoms with E-state index in [1.807, 2.05) is 0 Å². The first-order valence-corrected chi connectivity index (χ1v) is 9.24. The second-order valence-corrected chi connectivity index (χ2v) is 7.69. The molecule has 0 aliphatic carbocycles. The third kappa shape index (κ3) is 4.16. The summed E-state index contributed by atoms with van der Waals surface area (Å²) < 4.78 is 27.3. The van der Waals surface area contributed by atoms with E-state index >= 15 is 0 Å².